The lowest BCUT2D eigenvalue weighted by Crippen LogP contribution is -2.02. The van der Waals surface area contributed by atoms with Crippen molar-refractivity contribution in [2.24, 2.45) is 12.8 Å². The summed E-state index contributed by atoms with van der Waals surface area (Å²) in [4.78, 5) is 0. The molecule has 0 aliphatic heterocycles. The van der Waals surface area contributed by atoms with E-state index >= 15 is 0 Å². The zero-order chi connectivity index (χ0) is 10.8. The molecule has 7 heteroatoms. The van der Waals surface area contributed by atoms with Crippen LogP contribution in [0.3, 0.4) is 0 Å². The maximum Gasteiger partial charge on any atom is 0.182 e. The Morgan fingerprint density at radius 2 is 2.19 bits per heavy atom. The van der Waals surface area contributed by atoms with Crippen LogP contribution in [0.4, 0.5) is 0 Å². The van der Waals surface area contributed by atoms with Crippen LogP contribution < -0.4 is 5.73 Å². The molecule has 1 aromatic heterocycles. The Kier molecular flexibility index (Phi) is 4.23. The minimum absolute atomic E-state index is 0. The molecule has 0 amide bonds. The highest BCUT2D eigenvalue weighted by atomic mass is 35.5. The Labute approximate surface area is 104 Å². The van der Waals surface area contributed by atoms with Crippen LogP contribution in [-0.4, -0.2) is 20.2 Å². The van der Waals surface area contributed by atoms with E-state index in [9.17, 15) is 0 Å². The molecule has 1 heterocycles. The normalized spacial score (nSPS) is 9.94. The van der Waals surface area contributed by atoms with E-state index in [4.69, 9.17) is 17.3 Å². The lowest BCUT2D eigenvalue weighted by atomic mass is 10.1. The maximum absolute atomic E-state index is 5.88. The predicted octanol–water partition coefficient (Wildman–Crippen LogP) is 1.41. The Hall–Kier alpha value is -1.17. The summed E-state index contributed by atoms with van der Waals surface area (Å²) in [7, 11) is 1.78. The number of hydrogen-bond acceptors (Lipinski definition) is 4. The summed E-state index contributed by atoms with van der Waals surface area (Å²) in [5.74, 6) is 0.687. The van der Waals surface area contributed by atoms with Gasteiger partial charge in [-0.15, -0.1) is 17.5 Å². The highest BCUT2D eigenvalue weighted by molar-refractivity contribution is 6.30. The molecule has 0 radical (unpaired) electrons. The van der Waals surface area contributed by atoms with E-state index in [1.54, 1.807) is 17.8 Å². The molecule has 2 aromatic rings. The van der Waals surface area contributed by atoms with Crippen LogP contribution in [0.15, 0.2) is 18.2 Å². The van der Waals surface area contributed by atoms with Crippen molar-refractivity contribution >= 4 is 24.0 Å². The van der Waals surface area contributed by atoms with Gasteiger partial charge >= 0.3 is 0 Å². The molecular weight excluding hydrogens is 249 g/mol. The fraction of sp³-hybridized carbons (Fsp3) is 0.222. The van der Waals surface area contributed by atoms with E-state index < -0.39 is 0 Å². The molecule has 0 unspecified atom stereocenters. The molecule has 86 valence electrons. The van der Waals surface area contributed by atoms with Gasteiger partial charge in [-0.3, -0.25) is 0 Å². The van der Waals surface area contributed by atoms with Crippen molar-refractivity contribution in [3.8, 4) is 11.4 Å². The molecule has 5 nitrogen and oxygen atoms in total. The van der Waals surface area contributed by atoms with E-state index in [2.05, 4.69) is 15.5 Å². The largest absolute Gasteiger partial charge is 0.326 e. The van der Waals surface area contributed by atoms with E-state index in [-0.39, 0.29) is 12.4 Å². The molecule has 2 N–H and O–H groups in total. The minimum Gasteiger partial charge on any atom is -0.326 e. The Bertz CT molecular complexity index is 483. The van der Waals surface area contributed by atoms with E-state index in [1.165, 1.54) is 0 Å². The van der Waals surface area contributed by atoms with Crippen molar-refractivity contribution in [2.75, 3.05) is 0 Å². The second-order valence-electron chi connectivity index (χ2n) is 3.13. The van der Waals surface area contributed by atoms with Crippen LogP contribution in [0.5, 0.6) is 0 Å². The number of benzene rings is 1. The molecule has 16 heavy (non-hydrogen) atoms. The van der Waals surface area contributed by atoms with Gasteiger partial charge < -0.3 is 5.73 Å². The number of tetrazole rings is 1. The van der Waals surface area contributed by atoms with Gasteiger partial charge in [0.1, 0.15) is 0 Å². The van der Waals surface area contributed by atoms with E-state index in [0.717, 1.165) is 11.1 Å². The van der Waals surface area contributed by atoms with Crippen LogP contribution in [0, 0.1) is 0 Å². The van der Waals surface area contributed by atoms with Crippen molar-refractivity contribution in [2.45, 2.75) is 6.54 Å². The zero-order valence-electron chi connectivity index (χ0n) is 8.59. The number of aryl methyl sites for hydroxylation is 1. The SMILES string of the molecule is Cl.Cn1nnnc1-c1ccc(Cl)cc1CN. The van der Waals surface area contributed by atoms with E-state index in [1.807, 2.05) is 12.1 Å². The molecule has 0 atom stereocenters. The summed E-state index contributed by atoms with van der Waals surface area (Å²) in [6.07, 6.45) is 0. The standard InChI is InChI=1S/C9H10ClN5.ClH/c1-15-9(12-13-14-15)8-3-2-7(10)4-6(8)5-11;/h2-4H,5,11H2,1H3;1H. The Balaban J connectivity index is 0.00000128. The molecular formula is C9H11Cl2N5. The van der Waals surface area contributed by atoms with Crippen molar-refractivity contribution in [1.29, 1.82) is 0 Å². The van der Waals surface area contributed by atoms with Crippen molar-refractivity contribution < 1.29 is 0 Å². The molecule has 0 saturated heterocycles. The summed E-state index contributed by atoms with van der Waals surface area (Å²) in [5, 5.41) is 11.9. The molecule has 2 rings (SSSR count). The Morgan fingerprint density at radius 3 is 2.75 bits per heavy atom. The predicted molar refractivity (Wildman–Crippen MR) is 64.4 cm³/mol. The summed E-state index contributed by atoms with van der Waals surface area (Å²) < 4.78 is 1.60. The first kappa shape index (κ1) is 12.9. The molecule has 0 saturated carbocycles. The minimum atomic E-state index is 0. The first-order valence-electron chi connectivity index (χ1n) is 4.43. The first-order chi connectivity index (χ1) is 7.22. The van der Waals surface area contributed by atoms with Crippen molar-refractivity contribution in [1.82, 2.24) is 20.2 Å². The fourth-order valence-corrected chi connectivity index (χ4v) is 1.60. The van der Waals surface area contributed by atoms with Gasteiger partial charge in [-0.1, -0.05) is 11.6 Å². The van der Waals surface area contributed by atoms with Gasteiger partial charge in [-0.25, -0.2) is 4.68 Å². The summed E-state index contributed by atoms with van der Waals surface area (Å²) >= 11 is 5.88. The smallest absolute Gasteiger partial charge is 0.182 e. The van der Waals surface area contributed by atoms with Crippen LogP contribution in [-0.2, 0) is 13.6 Å². The first-order valence-corrected chi connectivity index (χ1v) is 4.81. The molecule has 1 aromatic carbocycles. The van der Waals surface area contributed by atoms with Gasteiger partial charge in [0.15, 0.2) is 5.82 Å². The second-order valence-corrected chi connectivity index (χ2v) is 3.57. The van der Waals surface area contributed by atoms with Gasteiger partial charge in [-0.05, 0) is 34.2 Å². The zero-order valence-corrected chi connectivity index (χ0v) is 10.2. The van der Waals surface area contributed by atoms with Gasteiger partial charge in [0.25, 0.3) is 0 Å². The molecule has 0 fully saturated rings. The molecule has 0 aliphatic carbocycles. The lowest BCUT2D eigenvalue weighted by molar-refractivity contribution is 0.714. The van der Waals surface area contributed by atoms with Gasteiger partial charge in [-0.2, -0.15) is 0 Å². The monoisotopic (exact) mass is 259 g/mol. The number of nitrogens with zero attached hydrogens (tertiary/aromatic N) is 4. The Morgan fingerprint density at radius 1 is 1.44 bits per heavy atom. The van der Waals surface area contributed by atoms with Crippen LogP contribution in [0.2, 0.25) is 5.02 Å². The number of nitrogens with two attached hydrogens (primary N) is 1. The average molecular weight is 260 g/mol. The average Bonchev–Trinajstić information content (AvgIpc) is 2.64. The highest BCUT2D eigenvalue weighted by Gasteiger charge is 2.10. The summed E-state index contributed by atoms with van der Waals surface area (Å²) in [5.41, 5.74) is 7.48. The molecule has 0 spiro atoms. The van der Waals surface area contributed by atoms with Crippen molar-refractivity contribution in [3.63, 3.8) is 0 Å². The van der Waals surface area contributed by atoms with E-state index in [0.29, 0.717) is 17.4 Å². The van der Waals surface area contributed by atoms with Gasteiger partial charge in [0, 0.05) is 24.2 Å². The quantitative estimate of drug-likeness (QED) is 0.886. The third-order valence-corrected chi connectivity index (χ3v) is 2.38. The second kappa shape index (κ2) is 5.25. The number of halogens is 2. The third kappa shape index (κ3) is 2.32. The highest BCUT2D eigenvalue weighted by Crippen LogP contribution is 2.23. The number of rotatable bonds is 2. The van der Waals surface area contributed by atoms with Gasteiger partial charge in [0.2, 0.25) is 0 Å². The lowest BCUT2D eigenvalue weighted by Gasteiger charge is -2.06. The maximum atomic E-state index is 5.88. The topological polar surface area (TPSA) is 69.6 Å². The fourth-order valence-electron chi connectivity index (χ4n) is 1.41. The van der Waals surface area contributed by atoms with Crippen LogP contribution >= 0.6 is 24.0 Å². The van der Waals surface area contributed by atoms with Gasteiger partial charge in [0.05, 0.1) is 0 Å². The number of hydrogen-bond donors (Lipinski definition) is 1. The molecule has 0 aliphatic rings. The van der Waals surface area contributed by atoms with Crippen LogP contribution in [0.1, 0.15) is 5.56 Å². The summed E-state index contributed by atoms with van der Waals surface area (Å²) in [6, 6.07) is 5.49. The third-order valence-electron chi connectivity index (χ3n) is 2.15. The van der Waals surface area contributed by atoms with Crippen LogP contribution in [0.25, 0.3) is 11.4 Å². The summed E-state index contributed by atoms with van der Waals surface area (Å²) in [6.45, 7) is 0.406. The molecule has 0 bridgehead atoms. The number of aromatic nitrogens is 4. The van der Waals surface area contributed by atoms with Crippen molar-refractivity contribution in [3.05, 3.63) is 28.8 Å².